The van der Waals surface area contributed by atoms with Crippen molar-refractivity contribution in [1.29, 1.82) is 0 Å². The number of benzene rings is 1. The van der Waals surface area contributed by atoms with E-state index in [1.807, 2.05) is 30.3 Å². The van der Waals surface area contributed by atoms with Crippen LogP contribution in [-0.4, -0.2) is 22.0 Å². The minimum Gasteiger partial charge on any atom is -0.481 e. The molecule has 0 saturated heterocycles. The summed E-state index contributed by atoms with van der Waals surface area (Å²) in [7, 11) is 0. The Morgan fingerprint density at radius 1 is 1.32 bits per heavy atom. The maximum atomic E-state index is 11.0. The van der Waals surface area contributed by atoms with E-state index in [1.165, 1.54) is 18.3 Å². The van der Waals surface area contributed by atoms with E-state index < -0.39 is 5.97 Å². The van der Waals surface area contributed by atoms with Crippen molar-refractivity contribution in [3.63, 3.8) is 0 Å². The Hall–Kier alpha value is -2.21. The van der Waals surface area contributed by atoms with Crippen molar-refractivity contribution in [2.75, 3.05) is 5.32 Å². The molecule has 2 aromatic rings. The Kier molecular flexibility index (Phi) is 3.91. The highest BCUT2D eigenvalue weighted by Crippen LogP contribution is 2.31. The molecule has 6 heteroatoms. The number of nitrogens with one attached hydrogen (secondary N) is 1. The van der Waals surface area contributed by atoms with E-state index in [-0.39, 0.29) is 12.3 Å². The summed E-state index contributed by atoms with van der Waals surface area (Å²) in [6.45, 7) is 1.39. The first kappa shape index (κ1) is 13.2. The van der Waals surface area contributed by atoms with Gasteiger partial charge in [0.1, 0.15) is 0 Å². The number of carbonyl (C=O) groups excluding carboxylic acids is 1. The fraction of sp³-hybridized carbons (Fsp3) is 0.154. The lowest BCUT2D eigenvalue weighted by Gasteiger charge is -1.99. The minimum atomic E-state index is -0.921. The number of carboxylic acid groups (broad SMARTS) is 1. The second kappa shape index (κ2) is 5.62. The predicted octanol–water partition coefficient (Wildman–Crippen LogP) is 2.40. The van der Waals surface area contributed by atoms with Crippen molar-refractivity contribution in [3.8, 4) is 11.3 Å². The van der Waals surface area contributed by atoms with Crippen LogP contribution in [0.2, 0.25) is 0 Å². The van der Waals surface area contributed by atoms with E-state index in [0.29, 0.717) is 15.7 Å². The molecule has 0 aliphatic heterocycles. The van der Waals surface area contributed by atoms with Gasteiger partial charge < -0.3 is 10.4 Å². The van der Waals surface area contributed by atoms with Crippen LogP contribution in [0.15, 0.2) is 30.3 Å². The van der Waals surface area contributed by atoms with Gasteiger partial charge in [-0.3, -0.25) is 9.59 Å². The summed E-state index contributed by atoms with van der Waals surface area (Å²) < 4.78 is 0. The summed E-state index contributed by atoms with van der Waals surface area (Å²) in [5, 5.41) is 11.9. The van der Waals surface area contributed by atoms with Crippen LogP contribution in [0.4, 0.5) is 5.13 Å². The number of hydrogen-bond donors (Lipinski definition) is 2. The third-order valence-electron chi connectivity index (χ3n) is 2.34. The number of nitrogens with zero attached hydrogens (tertiary/aromatic N) is 1. The van der Waals surface area contributed by atoms with Gasteiger partial charge in [-0.25, -0.2) is 4.98 Å². The van der Waals surface area contributed by atoms with E-state index >= 15 is 0 Å². The van der Waals surface area contributed by atoms with E-state index in [1.54, 1.807) is 0 Å². The zero-order valence-electron chi connectivity index (χ0n) is 10.2. The van der Waals surface area contributed by atoms with Crippen molar-refractivity contribution in [2.45, 2.75) is 13.3 Å². The van der Waals surface area contributed by atoms with Crippen LogP contribution in [-0.2, 0) is 16.0 Å². The molecule has 1 aromatic carbocycles. The van der Waals surface area contributed by atoms with Crippen molar-refractivity contribution in [1.82, 2.24) is 4.98 Å². The van der Waals surface area contributed by atoms with Crippen LogP contribution < -0.4 is 5.32 Å². The topological polar surface area (TPSA) is 79.3 Å². The van der Waals surface area contributed by atoms with E-state index in [2.05, 4.69) is 10.3 Å². The lowest BCUT2D eigenvalue weighted by molar-refractivity contribution is -0.136. The van der Waals surface area contributed by atoms with Gasteiger partial charge in [0.05, 0.1) is 12.1 Å². The van der Waals surface area contributed by atoms with Crippen molar-refractivity contribution in [3.05, 3.63) is 35.2 Å². The highest BCUT2D eigenvalue weighted by atomic mass is 32.1. The maximum Gasteiger partial charge on any atom is 0.308 e. The zero-order chi connectivity index (χ0) is 13.8. The molecule has 0 aliphatic rings. The molecule has 0 fully saturated rings. The molecule has 98 valence electrons. The molecule has 0 atom stereocenters. The number of carbonyl (C=O) groups is 2. The van der Waals surface area contributed by atoms with Gasteiger partial charge in [-0.1, -0.05) is 30.3 Å². The molecular formula is C13H12N2O3S. The molecule has 1 heterocycles. The summed E-state index contributed by atoms with van der Waals surface area (Å²) in [5.41, 5.74) is 1.45. The van der Waals surface area contributed by atoms with Crippen LogP contribution in [0.1, 0.15) is 11.8 Å². The molecule has 1 aromatic heterocycles. The summed E-state index contributed by atoms with van der Waals surface area (Å²) in [6.07, 6.45) is -0.110. The van der Waals surface area contributed by atoms with Crippen LogP contribution in [0.3, 0.4) is 0 Å². The SMILES string of the molecule is CC(=O)Nc1nc(-c2ccccc2)c(CC(=O)O)s1. The molecule has 2 N–H and O–H groups in total. The van der Waals surface area contributed by atoms with Crippen molar-refractivity contribution >= 4 is 28.3 Å². The lowest BCUT2D eigenvalue weighted by atomic mass is 10.1. The maximum absolute atomic E-state index is 11.0. The van der Waals surface area contributed by atoms with Crippen LogP contribution in [0.25, 0.3) is 11.3 Å². The number of amides is 1. The molecule has 0 aliphatic carbocycles. The highest BCUT2D eigenvalue weighted by molar-refractivity contribution is 7.16. The number of hydrogen-bond acceptors (Lipinski definition) is 4. The van der Waals surface area contributed by atoms with Crippen molar-refractivity contribution in [2.24, 2.45) is 0 Å². The van der Waals surface area contributed by atoms with Gasteiger partial charge in [0.2, 0.25) is 5.91 Å². The number of carboxylic acids is 1. The average molecular weight is 276 g/mol. The fourth-order valence-corrected chi connectivity index (χ4v) is 2.66. The summed E-state index contributed by atoms with van der Waals surface area (Å²) >= 11 is 1.19. The molecule has 5 nitrogen and oxygen atoms in total. The van der Waals surface area contributed by atoms with Gasteiger partial charge in [0, 0.05) is 17.4 Å². The smallest absolute Gasteiger partial charge is 0.308 e. The van der Waals surface area contributed by atoms with E-state index in [4.69, 9.17) is 5.11 Å². The summed E-state index contributed by atoms with van der Waals surface area (Å²) in [6, 6.07) is 9.31. The van der Waals surface area contributed by atoms with Crippen LogP contribution >= 0.6 is 11.3 Å². The second-order valence-corrected chi connectivity index (χ2v) is 4.99. The molecule has 2 rings (SSSR count). The Morgan fingerprint density at radius 3 is 2.58 bits per heavy atom. The first-order valence-corrected chi connectivity index (χ1v) is 6.42. The van der Waals surface area contributed by atoms with E-state index in [0.717, 1.165) is 5.56 Å². The molecule has 1 amide bonds. The molecule has 19 heavy (non-hydrogen) atoms. The standard InChI is InChI=1S/C13H12N2O3S/c1-8(16)14-13-15-12(9-5-3-2-4-6-9)10(19-13)7-11(17)18/h2-6H,7H2,1H3,(H,17,18)(H,14,15,16). The Morgan fingerprint density at radius 2 is 2.00 bits per heavy atom. The third kappa shape index (κ3) is 3.38. The number of thiazole rings is 1. The van der Waals surface area contributed by atoms with Gasteiger partial charge in [0.25, 0.3) is 0 Å². The second-order valence-electron chi connectivity index (χ2n) is 3.91. The number of anilines is 1. The molecular weight excluding hydrogens is 264 g/mol. The predicted molar refractivity (Wildman–Crippen MR) is 73.2 cm³/mol. The Labute approximate surface area is 113 Å². The van der Waals surface area contributed by atoms with Crippen LogP contribution in [0.5, 0.6) is 0 Å². The monoisotopic (exact) mass is 276 g/mol. The first-order chi connectivity index (χ1) is 9.06. The normalized spacial score (nSPS) is 10.2. The van der Waals surface area contributed by atoms with Crippen LogP contribution in [0, 0.1) is 0 Å². The number of aromatic nitrogens is 1. The minimum absolute atomic E-state index is 0.110. The summed E-state index contributed by atoms with van der Waals surface area (Å²) in [5.74, 6) is -1.15. The van der Waals surface area contributed by atoms with Gasteiger partial charge in [-0.15, -0.1) is 11.3 Å². The van der Waals surface area contributed by atoms with Gasteiger partial charge in [0.15, 0.2) is 5.13 Å². The van der Waals surface area contributed by atoms with Crippen molar-refractivity contribution < 1.29 is 14.7 Å². The first-order valence-electron chi connectivity index (χ1n) is 5.61. The van der Waals surface area contributed by atoms with Gasteiger partial charge in [-0.2, -0.15) is 0 Å². The Bertz CT molecular complexity index is 608. The molecule has 0 radical (unpaired) electrons. The van der Waals surface area contributed by atoms with Gasteiger partial charge in [-0.05, 0) is 0 Å². The zero-order valence-corrected chi connectivity index (χ0v) is 11.0. The molecule has 0 unspecified atom stereocenters. The number of aliphatic carboxylic acids is 1. The fourth-order valence-electron chi connectivity index (χ4n) is 1.63. The van der Waals surface area contributed by atoms with Gasteiger partial charge >= 0.3 is 5.97 Å². The lowest BCUT2D eigenvalue weighted by Crippen LogP contribution is -2.04. The quantitative estimate of drug-likeness (QED) is 0.898. The third-order valence-corrected chi connectivity index (χ3v) is 3.31. The van der Waals surface area contributed by atoms with E-state index in [9.17, 15) is 9.59 Å². The average Bonchev–Trinajstić information content (AvgIpc) is 2.71. The molecule has 0 spiro atoms. The number of rotatable bonds is 4. The Balaban J connectivity index is 2.42. The molecule has 0 bridgehead atoms. The molecule has 0 saturated carbocycles. The summed E-state index contributed by atoms with van der Waals surface area (Å²) in [4.78, 5) is 26.8. The highest BCUT2D eigenvalue weighted by Gasteiger charge is 2.16. The largest absolute Gasteiger partial charge is 0.481 e.